The van der Waals surface area contributed by atoms with E-state index in [0.29, 0.717) is 47.0 Å². The largest absolute Gasteiger partial charge is 0.508 e. The Labute approximate surface area is 180 Å². The first kappa shape index (κ1) is 20.7. The molecule has 0 aliphatic heterocycles. The molecule has 2 heterocycles. The Hall–Kier alpha value is -2.58. The maximum atomic E-state index is 10.1. The number of aromatic hydroxyl groups is 1. The van der Waals surface area contributed by atoms with Gasteiger partial charge in [0.2, 0.25) is 5.95 Å². The fourth-order valence-electron chi connectivity index (χ4n) is 3.87. The van der Waals surface area contributed by atoms with Gasteiger partial charge in [-0.15, -0.1) is 0 Å². The van der Waals surface area contributed by atoms with Gasteiger partial charge in [0.05, 0.1) is 6.33 Å². The molecule has 4 rings (SSSR count). The topological polar surface area (TPSA) is 114 Å². The molecule has 1 fully saturated rings. The van der Waals surface area contributed by atoms with E-state index < -0.39 is 0 Å². The van der Waals surface area contributed by atoms with Crippen molar-refractivity contribution in [1.29, 1.82) is 0 Å². The zero-order chi connectivity index (χ0) is 21.1. The van der Waals surface area contributed by atoms with Crippen LogP contribution in [0.25, 0.3) is 11.2 Å². The molecular formula is C21H28ClN7O. The predicted molar refractivity (Wildman–Crippen MR) is 120 cm³/mol. The summed E-state index contributed by atoms with van der Waals surface area (Å²) in [5, 5.41) is 17.2. The molecule has 1 atom stereocenters. The summed E-state index contributed by atoms with van der Waals surface area (Å²) in [7, 11) is 0. The van der Waals surface area contributed by atoms with Crippen molar-refractivity contribution >= 4 is 34.5 Å². The van der Waals surface area contributed by atoms with Crippen molar-refractivity contribution in [2.45, 2.75) is 57.7 Å². The van der Waals surface area contributed by atoms with E-state index in [9.17, 15) is 5.11 Å². The third kappa shape index (κ3) is 4.60. The molecule has 9 heteroatoms. The second-order valence-corrected chi connectivity index (χ2v) is 8.43. The molecule has 8 nitrogen and oxygen atoms in total. The minimum absolute atomic E-state index is 0.0210. The molecule has 0 amide bonds. The number of nitrogens with one attached hydrogen (secondary N) is 2. The Bertz CT molecular complexity index is 1010. The number of fused-ring (bicyclic) bond motifs is 1. The molecule has 0 radical (unpaired) electrons. The van der Waals surface area contributed by atoms with Crippen molar-refractivity contribution < 1.29 is 5.11 Å². The maximum Gasteiger partial charge on any atom is 0.226 e. The monoisotopic (exact) mass is 429 g/mol. The number of nitrogens with zero attached hydrogens (tertiary/aromatic N) is 4. The Balaban J connectivity index is 1.67. The summed E-state index contributed by atoms with van der Waals surface area (Å²) in [6.07, 6.45) is 7.88. The number of rotatable bonds is 7. The number of halogens is 1. The molecule has 1 aliphatic rings. The van der Waals surface area contributed by atoms with Crippen LogP contribution in [0.15, 0.2) is 24.5 Å². The van der Waals surface area contributed by atoms with E-state index >= 15 is 0 Å². The van der Waals surface area contributed by atoms with Gasteiger partial charge < -0.3 is 26.0 Å². The average Bonchev–Trinajstić information content (AvgIpc) is 3.17. The van der Waals surface area contributed by atoms with E-state index in [0.717, 1.165) is 18.5 Å². The van der Waals surface area contributed by atoms with Gasteiger partial charge >= 0.3 is 0 Å². The first-order valence-electron chi connectivity index (χ1n) is 10.5. The lowest BCUT2D eigenvalue weighted by atomic mass is 9.95. The van der Waals surface area contributed by atoms with Gasteiger partial charge in [0, 0.05) is 35.8 Å². The van der Waals surface area contributed by atoms with Crippen molar-refractivity contribution in [2.24, 2.45) is 5.73 Å². The summed E-state index contributed by atoms with van der Waals surface area (Å²) >= 11 is 6.08. The summed E-state index contributed by atoms with van der Waals surface area (Å²) in [5.74, 6) is 1.30. The molecule has 1 saturated carbocycles. The molecule has 160 valence electrons. The lowest BCUT2D eigenvalue weighted by molar-refractivity contribution is 0.358. The van der Waals surface area contributed by atoms with Crippen LogP contribution in [0.1, 0.15) is 50.6 Å². The average molecular weight is 430 g/mol. The third-order valence-corrected chi connectivity index (χ3v) is 5.69. The van der Waals surface area contributed by atoms with Gasteiger partial charge in [-0.2, -0.15) is 9.97 Å². The number of imidazole rings is 1. The van der Waals surface area contributed by atoms with Crippen molar-refractivity contribution in [3.63, 3.8) is 0 Å². The molecule has 3 aromatic rings. The van der Waals surface area contributed by atoms with E-state index in [1.54, 1.807) is 18.2 Å². The maximum absolute atomic E-state index is 10.1. The van der Waals surface area contributed by atoms with Gasteiger partial charge in [-0.25, -0.2) is 4.98 Å². The van der Waals surface area contributed by atoms with E-state index in [1.807, 2.05) is 13.3 Å². The third-order valence-electron chi connectivity index (χ3n) is 5.46. The van der Waals surface area contributed by atoms with Gasteiger partial charge in [0.1, 0.15) is 5.75 Å². The number of hydrogen-bond acceptors (Lipinski definition) is 7. The van der Waals surface area contributed by atoms with E-state index in [1.165, 1.54) is 19.3 Å². The second kappa shape index (κ2) is 9.06. The van der Waals surface area contributed by atoms with Crippen LogP contribution in [0, 0.1) is 0 Å². The zero-order valence-corrected chi connectivity index (χ0v) is 17.9. The van der Waals surface area contributed by atoms with Gasteiger partial charge in [0.15, 0.2) is 17.0 Å². The van der Waals surface area contributed by atoms with E-state index in [4.69, 9.17) is 22.3 Å². The summed E-state index contributed by atoms with van der Waals surface area (Å²) in [4.78, 5) is 14.0. The standard InChI is InChI=1S/C21H28ClN7O/c1-13(23)10-25-21-27-19(24-11-14-9-15(22)7-8-17(14)30)18-20(28-21)29(12-26-18)16-5-3-2-4-6-16/h7-9,12-13,16,30H,2-6,10-11,23H2,1H3,(H2,24,25,27,28). The van der Waals surface area contributed by atoms with E-state index in [-0.39, 0.29) is 11.8 Å². The molecule has 1 unspecified atom stereocenters. The minimum atomic E-state index is -0.0210. The SMILES string of the molecule is CC(N)CNc1nc(NCc2cc(Cl)ccc2O)c2ncn(C3CCCCC3)c2n1. The fraction of sp³-hybridized carbons (Fsp3) is 0.476. The molecule has 0 bridgehead atoms. The van der Waals surface area contributed by atoms with Crippen molar-refractivity contribution in [2.75, 3.05) is 17.2 Å². The smallest absolute Gasteiger partial charge is 0.226 e. The highest BCUT2D eigenvalue weighted by Crippen LogP contribution is 2.32. The normalized spacial score (nSPS) is 16.0. The zero-order valence-electron chi connectivity index (χ0n) is 17.1. The van der Waals surface area contributed by atoms with Gasteiger partial charge in [-0.1, -0.05) is 30.9 Å². The van der Waals surface area contributed by atoms with Gasteiger partial charge in [-0.3, -0.25) is 0 Å². The summed E-state index contributed by atoms with van der Waals surface area (Å²) in [6.45, 7) is 2.86. The Morgan fingerprint density at radius 2 is 2.03 bits per heavy atom. The number of anilines is 2. The predicted octanol–water partition coefficient (Wildman–Crippen LogP) is 4.06. The van der Waals surface area contributed by atoms with Crippen LogP contribution in [0.3, 0.4) is 0 Å². The minimum Gasteiger partial charge on any atom is -0.508 e. The van der Waals surface area contributed by atoms with Crippen LogP contribution < -0.4 is 16.4 Å². The highest BCUT2D eigenvalue weighted by Gasteiger charge is 2.21. The fourth-order valence-corrected chi connectivity index (χ4v) is 4.07. The Morgan fingerprint density at radius 3 is 2.80 bits per heavy atom. The first-order valence-corrected chi connectivity index (χ1v) is 10.8. The van der Waals surface area contributed by atoms with Crippen LogP contribution in [0.4, 0.5) is 11.8 Å². The van der Waals surface area contributed by atoms with Gasteiger partial charge in [0.25, 0.3) is 0 Å². The number of aromatic nitrogens is 4. The summed E-state index contributed by atoms with van der Waals surface area (Å²) < 4.78 is 2.18. The molecule has 5 N–H and O–H groups in total. The molecular weight excluding hydrogens is 402 g/mol. The number of phenolic OH excluding ortho intramolecular Hbond substituents is 1. The van der Waals surface area contributed by atoms with Crippen molar-refractivity contribution in [3.8, 4) is 5.75 Å². The van der Waals surface area contributed by atoms with Crippen LogP contribution in [-0.2, 0) is 6.54 Å². The molecule has 1 aromatic carbocycles. The quantitative estimate of drug-likeness (QED) is 0.447. The lowest BCUT2D eigenvalue weighted by Gasteiger charge is -2.23. The van der Waals surface area contributed by atoms with Crippen LogP contribution in [0.2, 0.25) is 5.02 Å². The van der Waals surface area contributed by atoms with Crippen LogP contribution in [0.5, 0.6) is 5.75 Å². The van der Waals surface area contributed by atoms with Crippen molar-refractivity contribution in [3.05, 3.63) is 35.1 Å². The summed E-state index contributed by atoms with van der Waals surface area (Å²) in [6, 6.07) is 5.36. The van der Waals surface area contributed by atoms with Gasteiger partial charge in [-0.05, 0) is 38.0 Å². The highest BCUT2D eigenvalue weighted by molar-refractivity contribution is 6.30. The molecule has 30 heavy (non-hydrogen) atoms. The second-order valence-electron chi connectivity index (χ2n) is 8.00. The Kier molecular flexibility index (Phi) is 6.24. The summed E-state index contributed by atoms with van der Waals surface area (Å²) in [5.41, 5.74) is 8.10. The number of phenols is 1. The number of benzene rings is 1. The van der Waals surface area contributed by atoms with E-state index in [2.05, 4.69) is 25.2 Å². The molecule has 2 aromatic heterocycles. The molecule has 1 aliphatic carbocycles. The molecule has 0 saturated heterocycles. The number of nitrogens with two attached hydrogens (primary N) is 1. The Morgan fingerprint density at radius 1 is 1.23 bits per heavy atom. The molecule has 0 spiro atoms. The lowest BCUT2D eigenvalue weighted by Crippen LogP contribution is -2.26. The first-order chi connectivity index (χ1) is 14.5. The highest BCUT2D eigenvalue weighted by atomic mass is 35.5. The van der Waals surface area contributed by atoms with Crippen LogP contribution >= 0.6 is 11.6 Å². The number of hydrogen-bond donors (Lipinski definition) is 4. The van der Waals surface area contributed by atoms with Crippen LogP contribution in [-0.4, -0.2) is 37.2 Å². The van der Waals surface area contributed by atoms with Crippen molar-refractivity contribution in [1.82, 2.24) is 19.5 Å².